The number of aromatic nitrogens is 2. The van der Waals surface area contributed by atoms with Crippen molar-refractivity contribution in [2.24, 2.45) is 0 Å². The summed E-state index contributed by atoms with van der Waals surface area (Å²) < 4.78 is 2.16. The molecular weight excluding hydrogens is 230 g/mol. The molecule has 3 nitrogen and oxygen atoms in total. The molecule has 0 saturated heterocycles. The Morgan fingerprint density at radius 3 is 2.59 bits per heavy atom. The fraction of sp³-hybridized carbons (Fsp3) is 0.769. The molecule has 0 bridgehead atoms. The second-order valence-electron chi connectivity index (χ2n) is 4.25. The van der Waals surface area contributed by atoms with E-state index in [1.54, 1.807) is 0 Å². The third kappa shape index (κ3) is 3.49. The van der Waals surface area contributed by atoms with E-state index < -0.39 is 0 Å². The summed E-state index contributed by atoms with van der Waals surface area (Å²) in [7, 11) is 2.03. The maximum atomic E-state index is 4.66. The Balaban J connectivity index is 2.85. The highest BCUT2D eigenvalue weighted by Crippen LogP contribution is 2.23. The zero-order valence-electron chi connectivity index (χ0n) is 11.7. The van der Waals surface area contributed by atoms with Gasteiger partial charge in [-0.3, -0.25) is 4.68 Å². The van der Waals surface area contributed by atoms with Gasteiger partial charge in [-0.15, -0.1) is 0 Å². The smallest absolute Gasteiger partial charge is 0.0644 e. The second-order valence-corrected chi connectivity index (χ2v) is 5.65. The first-order chi connectivity index (χ1) is 8.15. The molecule has 1 aromatic rings. The number of hydrogen-bond acceptors (Lipinski definition) is 3. The fourth-order valence-corrected chi connectivity index (χ4v) is 2.87. The average molecular weight is 255 g/mol. The number of hydrogen-bond donors (Lipinski definition) is 1. The predicted molar refractivity (Wildman–Crippen MR) is 76.8 cm³/mol. The van der Waals surface area contributed by atoms with Crippen LogP contribution in [-0.4, -0.2) is 28.3 Å². The number of thioether (sulfide) groups is 1. The molecule has 1 heterocycles. The van der Waals surface area contributed by atoms with Gasteiger partial charge in [-0.05, 0) is 33.1 Å². The minimum Gasteiger partial charge on any atom is -0.313 e. The second kappa shape index (κ2) is 7.07. The van der Waals surface area contributed by atoms with E-state index in [-0.39, 0.29) is 0 Å². The fourth-order valence-electron chi connectivity index (χ4n) is 2.28. The quantitative estimate of drug-likeness (QED) is 0.760. The molecule has 0 aromatic carbocycles. The van der Waals surface area contributed by atoms with E-state index in [1.807, 2.05) is 18.8 Å². The number of nitrogens with zero attached hydrogens (tertiary/aromatic N) is 2. The summed E-state index contributed by atoms with van der Waals surface area (Å²) in [5, 5.41) is 8.03. The van der Waals surface area contributed by atoms with Crippen LogP contribution in [0.15, 0.2) is 0 Å². The van der Waals surface area contributed by atoms with Crippen LogP contribution < -0.4 is 5.32 Å². The Morgan fingerprint density at radius 1 is 1.35 bits per heavy atom. The van der Waals surface area contributed by atoms with Gasteiger partial charge in [0.05, 0.1) is 12.2 Å². The molecule has 4 heteroatoms. The zero-order chi connectivity index (χ0) is 12.8. The molecule has 0 aliphatic rings. The van der Waals surface area contributed by atoms with Crippen LogP contribution in [0.1, 0.15) is 43.3 Å². The SMILES string of the molecule is CCSCCn1nc(C)c(C(CC)NC)c1C. The first-order valence-electron chi connectivity index (χ1n) is 6.44. The van der Waals surface area contributed by atoms with Crippen molar-refractivity contribution in [3.8, 4) is 0 Å². The van der Waals surface area contributed by atoms with Crippen molar-refractivity contribution in [3.05, 3.63) is 17.0 Å². The van der Waals surface area contributed by atoms with Gasteiger partial charge < -0.3 is 5.32 Å². The van der Waals surface area contributed by atoms with Gasteiger partial charge in [0.1, 0.15) is 0 Å². The molecule has 0 spiro atoms. The molecule has 0 saturated carbocycles. The molecular formula is C13H25N3S. The summed E-state index contributed by atoms with van der Waals surface area (Å²) in [4.78, 5) is 0. The Bertz CT molecular complexity index is 343. The van der Waals surface area contributed by atoms with Crippen molar-refractivity contribution in [3.63, 3.8) is 0 Å². The van der Waals surface area contributed by atoms with Crippen molar-refractivity contribution >= 4 is 11.8 Å². The number of nitrogens with one attached hydrogen (secondary N) is 1. The lowest BCUT2D eigenvalue weighted by Gasteiger charge is -2.14. The van der Waals surface area contributed by atoms with Crippen LogP contribution >= 0.6 is 11.8 Å². The van der Waals surface area contributed by atoms with E-state index in [0.29, 0.717) is 6.04 Å². The normalized spacial score (nSPS) is 13.0. The van der Waals surface area contributed by atoms with E-state index in [0.717, 1.165) is 18.7 Å². The van der Waals surface area contributed by atoms with Gasteiger partial charge in [0, 0.05) is 23.1 Å². The largest absolute Gasteiger partial charge is 0.313 e. The lowest BCUT2D eigenvalue weighted by Crippen LogP contribution is -2.17. The van der Waals surface area contributed by atoms with Gasteiger partial charge in [0.25, 0.3) is 0 Å². The maximum absolute atomic E-state index is 4.66. The van der Waals surface area contributed by atoms with Gasteiger partial charge in [0.2, 0.25) is 0 Å². The van der Waals surface area contributed by atoms with Gasteiger partial charge in [-0.1, -0.05) is 13.8 Å². The molecule has 1 unspecified atom stereocenters. The molecule has 0 aliphatic carbocycles. The van der Waals surface area contributed by atoms with E-state index in [1.165, 1.54) is 22.7 Å². The van der Waals surface area contributed by atoms with Crippen molar-refractivity contribution < 1.29 is 0 Å². The standard InChI is InChI=1S/C13H25N3S/c1-6-12(14-5)13-10(3)15-16(11(13)4)8-9-17-7-2/h12,14H,6-9H2,1-5H3. The molecule has 1 rings (SSSR count). The van der Waals surface area contributed by atoms with Gasteiger partial charge in [0.15, 0.2) is 0 Å². The monoisotopic (exact) mass is 255 g/mol. The van der Waals surface area contributed by atoms with E-state index in [9.17, 15) is 0 Å². The highest BCUT2D eigenvalue weighted by molar-refractivity contribution is 7.99. The minimum atomic E-state index is 0.433. The topological polar surface area (TPSA) is 29.9 Å². The van der Waals surface area contributed by atoms with Crippen LogP contribution in [0.25, 0.3) is 0 Å². The van der Waals surface area contributed by atoms with E-state index in [4.69, 9.17) is 0 Å². The summed E-state index contributed by atoms with van der Waals surface area (Å²) in [6.45, 7) is 9.73. The van der Waals surface area contributed by atoms with Gasteiger partial charge in [-0.25, -0.2) is 0 Å². The van der Waals surface area contributed by atoms with E-state index >= 15 is 0 Å². The minimum absolute atomic E-state index is 0.433. The maximum Gasteiger partial charge on any atom is 0.0644 e. The van der Waals surface area contributed by atoms with Crippen LogP contribution in [0.5, 0.6) is 0 Å². The molecule has 1 aromatic heterocycles. The van der Waals surface area contributed by atoms with Gasteiger partial charge in [-0.2, -0.15) is 16.9 Å². The van der Waals surface area contributed by atoms with E-state index in [2.05, 4.69) is 42.8 Å². The Morgan fingerprint density at radius 2 is 2.06 bits per heavy atom. The van der Waals surface area contributed by atoms with Crippen molar-refractivity contribution in [2.45, 2.75) is 46.7 Å². The Hall–Kier alpha value is -0.480. The Labute approximate surface area is 109 Å². The van der Waals surface area contributed by atoms with Crippen LogP contribution in [0.3, 0.4) is 0 Å². The lowest BCUT2D eigenvalue weighted by molar-refractivity contribution is 0.567. The van der Waals surface area contributed by atoms with Crippen molar-refractivity contribution in [1.82, 2.24) is 15.1 Å². The number of aryl methyl sites for hydroxylation is 2. The number of rotatable bonds is 7. The summed E-state index contributed by atoms with van der Waals surface area (Å²) in [5.74, 6) is 2.33. The van der Waals surface area contributed by atoms with Crippen LogP contribution in [0.2, 0.25) is 0 Å². The third-order valence-corrected chi connectivity index (χ3v) is 4.07. The first-order valence-corrected chi connectivity index (χ1v) is 7.60. The lowest BCUT2D eigenvalue weighted by atomic mass is 10.0. The van der Waals surface area contributed by atoms with Crippen LogP contribution in [-0.2, 0) is 6.54 Å². The molecule has 1 atom stereocenters. The molecule has 17 heavy (non-hydrogen) atoms. The molecule has 0 radical (unpaired) electrons. The summed E-state index contributed by atoms with van der Waals surface area (Å²) in [6, 6.07) is 0.433. The zero-order valence-corrected chi connectivity index (χ0v) is 12.5. The predicted octanol–water partition coefficient (Wildman–Crippen LogP) is 2.92. The van der Waals surface area contributed by atoms with Crippen molar-refractivity contribution in [2.75, 3.05) is 18.6 Å². The summed E-state index contributed by atoms with van der Waals surface area (Å²) >= 11 is 1.97. The first kappa shape index (κ1) is 14.6. The highest BCUT2D eigenvalue weighted by Gasteiger charge is 2.17. The molecule has 0 fully saturated rings. The van der Waals surface area contributed by atoms with Crippen LogP contribution in [0, 0.1) is 13.8 Å². The van der Waals surface area contributed by atoms with Gasteiger partial charge >= 0.3 is 0 Å². The molecule has 0 aliphatic heterocycles. The van der Waals surface area contributed by atoms with Crippen LogP contribution in [0.4, 0.5) is 0 Å². The highest BCUT2D eigenvalue weighted by atomic mass is 32.2. The summed E-state index contributed by atoms with van der Waals surface area (Å²) in [5.41, 5.74) is 3.88. The average Bonchev–Trinajstić information content (AvgIpc) is 2.59. The Kier molecular flexibility index (Phi) is 6.06. The molecule has 1 N–H and O–H groups in total. The molecule has 0 amide bonds. The third-order valence-electron chi connectivity index (χ3n) is 3.19. The molecule has 98 valence electrons. The van der Waals surface area contributed by atoms with Crippen molar-refractivity contribution in [1.29, 1.82) is 0 Å². The summed E-state index contributed by atoms with van der Waals surface area (Å²) in [6.07, 6.45) is 1.10.